The van der Waals surface area contributed by atoms with Crippen molar-refractivity contribution in [2.75, 3.05) is 32.7 Å². The van der Waals surface area contributed by atoms with E-state index in [1.807, 2.05) is 6.07 Å². The van der Waals surface area contributed by atoms with Crippen molar-refractivity contribution >= 4 is 5.82 Å². The van der Waals surface area contributed by atoms with Crippen LogP contribution in [0.3, 0.4) is 0 Å². The van der Waals surface area contributed by atoms with Crippen LogP contribution in [0, 0.1) is 0 Å². The number of ether oxygens (including phenoxy) is 2. The minimum absolute atomic E-state index is 0.479. The number of hydrogen-bond acceptors (Lipinski definition) is 5. The molecule has 106 valence electrons. The standard InChI is InChI=1S/C14H23N3O2/c1-18-9-8-15-12-10-13(19-2)17-14(16-12)11-6-4-3-5-7-11/h10-11H,3-9H2,1-2H3,(H,15,16,17). The largest absolute Gasteiger partial charge is 0.481 e. The maximum Gasteiger partial charge on any atom is 0.218 e. The third kappa shape index (κ3) is 4.06. The first kappa shape index (κ1) is 14.1. The molecule has 19 heavy (non-hydrogen) atoms. The summed E-state index contributed by atoms with van der Waals surface area (Å²) < 4.78 is 10.3. The van der Waals surface area contributed by atoms with E-state index in [2.05, 4.69) is 15.3 Å². The Kier molecular flexibility index (Phi) is 5.39. The molecule has 0 aromatic carbocycles. The zero-order valence-electron chi connectivity index (χ0n) is 11.8. The molecule has 1 N–H and O–H groups in total. The zero-order chi connectivity index (χ0) is 13.5. The van der Waals surface area contributed by atoms with E-state index in [0.29, 0.717) is 18.4 Å². The highest BCUT2D eigenvalue weighted by Gasteiger charge is 2.19. The summed E-state index contributed by atoms with van der Waals surface area (Å²) in [6, 6.07) is 1.84. The van der Waals surface area contributed by atoms with E-state index < -0.39 is 0 Å². The molecule has 1 heterocycles. The molecule has 5 nitrogen and oxygen atoms in total. The zero-order valence-corrected chi connectivity index (χ0v) is 11.8. The Labute approximate surface area is 114 Å². The predicted molar refractivity (Wildman–Crippen MR) is 74.8 cm³/mol. The van der Waals surface area contributed by atoms with Crippen molar-refractivity contribution in [1.82, 2.24) is 9.97 Å². The second-order valence-electron chi connectivity index (χ2n) is 4.91. The molecule has 0 spiro atoms. The number of nitrogens with one attached hydrogen (secondary N) is 1. The minimum atomic E-state index is 0.479. The topological polar surface area (TPSA) is 56.3 Å². The molecule has 0 aliphatic heterocycles. The van der Waals surface area contributed by atoms with Gasteiger partial charge in [0.25, 0.3) is 0 Å². The molecule has 5 heteroatoms. The minimum Gasteiger partial charge on any atom is -0.481 e. The number of methoxy groups -OCH3 is 2. The van der Waals surface area contributed by atoms with Crippen molar-refractivity contribution < 1.29 is 9.47 Å². The van der Waals surface area contributed by atoms with Gasteiger partial charge in [-0.2, -0.15) is 4.98 Å². The first-order valence-electron chi connectivity index (χ1n) is 6.99. The van der Waals surface area contributed by atoms with Gasteiger partial charge in [0.05, 0.1) is 13.7 Å². The molecule has 0 saturated heterocycles. The molecular formula is C14H23N3O2. The first-order chi connectivity index (χ1) is 9.33. The Bertz CT molecular complexity index is 392. The highest BCUT2D eigenvalue weighted by molar-refractivity contribution is 5.38. The fourth-order valence-corrected chi connectivity index (χ4v) is 2.46. The van der Waals surface area contributed by atoms with Crippen molar-refractivity contribution in [1.29, 1.82) is 0 Å². The van der Waals surface area contributed by atoms with Gasteiger partial charge in [-0.3, -0.25) is 0 Å². The van der Waals surface area contributed by atoms with Gasteiger partial charge in [0.15, 0.2) is 0 Å². The summed E-state index contributed by atoms with van der Waals surface area (Å²) >= 11 is 0. The van der Waals surface area contributed by atoms with Gasteiger partial charge < -0.3 is 14.8 Å². The van der Waals surface area contributed by atoms with Gasteiger partial charge in [-0.05, 0) is 12.8 Å². The maximum atomic E-state index is 5.27. The lowest BCUT2D eigenvalue weighted by molar-refractivity contribution is 0.210. The number of hydrogen-bond donors (Lipinski definition) is 1. The van der Waals surface area contributed by atoms with Crippen molar-refractivity contribution in [3.05, 3.63) is 11.9 Å². The molecule has 1 saturated carbocycles. The Hall–Kier alpha value is -1.36. The van der Waals surface area contributed by atoms with Crippen LogP contribution in [-0.4, -0.2) is 37.3 Å². The van der Waals surface area contributed by atoms with Gasteiger partial charge in [-0.25, -0.2) is 4.98 Å². The third-order valence-corrected chi connectivity index (χ3v) is 3.51. The number of nitrogens with zero attached hydrogens (tertiary/aromatic N) is 2. The summed E-state index contributed by atoms with van der Waals surface area (Å²) in [4.78, 5) is 9.12. The SMILES string of the molecule is COCCNc1cc(OC)nc(C2CCCCC2)n1. The molecule has 2 rings (SSSR count). The van der Waals surface area contributed by atoms with Crippen LogP contribution >= 0.6 is 0 Å². The van der Waals surface area contributed by atoms with Crippen LogP contribution < -0.4 is 10.1 Å². The van der Waals surface area contributed by atoms with Crippen LogP contribution in [0.25, 0.3) is 0 Å². The third-order valence-electron chi connectivity index (χ3n) is 3.51. The summed E-state index contributed by atoms with van der Waals surface area (Å²) in [7, 11) is 3.33. The van der Waals surface area contributed by atoms with Gasteiger partial charge in [0.1, 0.15) is 11.6 Å². The molecule has 0 bridgehead atoms. The van der Waals surface area contributed by atoms with Gasteiger partial charge >= 0.3 is 0 Å². The summed E-state index contributed by atoms with van der Waals surface area (Å²) in [5.41, 5.74) is 0. The van der Waals surface area contributed by atoms with Crippen LogP contribution in [0.1, 0.15) is 43.8 Å². The van der Waals surface area contributed by atoms with Crippen LogP contribution in [0.15, 0.2) is 6.07 Å². The van der Waals surface area contributed by atoms with E-state index >= 15 is 0 Å². The van der Waals surface area contributed by atoms with Crippen molar-refractivity contribution in [3.8, 4) is 5.88 Å². The second kappa shape index (κ2) is 7.28. The average molecular weight is 265 g/mol. The molecule has 1 fully saturated rings. The summed E-state index contributed by atoms with van der Waals surface area (Å²) in [5.74, 6) is 2.85. The number of aromatic nitrogens is 2. The highest BCUT2D eigenvalue weighted by Crippen LogP contribution is 2.32. The van der Waals surface area contributed by atoms with Crippen molar-refractivity contribution in [2.45, 2.75) is 38.0 Å². The summed E-state index contributed by atoms with van der Waals surface area (Å²) in [5, 5.41) is 3.24. The normalized spacial score (nSPS) is 16.3. The Balaban J connectivity index is 2.10. The number of rotatable bonds is 6. The molecule has 0 atom stereocenters. The molecule has 0 amide bonds. The van der Waals surface area contributed by atoms with E-state index in [1.165, 1.54) is 32.1 Å². The van der Waals surface area contributed by atoms with Crippen molar-refractivity contribution in [3.63, 3.8) is 0 Å². The fraction of sp³-hybridized carbons (Fsp3) is 0.714. The lowest BCUT2D eigenvalue weighted by Crippen LogP contribution is -2.13. The molecular weight excluding hydrogens is 242 g/mol. The fourth-order valence-electron chi connectivity index (χ4n) is 2.46. The molecule has 1 aliphatic carbocycles. The van der Waals surface area contributed by atoms with Crippen molar-refractivity contribution in [2.24, 2.45) is 0 Å². The van der Waals surface area contributed by atoms with Crippen LogP contribution in [0.5, 0.6) is 5.88 Å². The van der Waals surface area contributed by atoms with Crippen LogP contribution in [0.4, 0.5) is 5.82 Å². The van der Waals surface area contributed by atoms with E-state index in [4.69, 9.17) is 9.47 Å². The Morgan fingerprint density at radius 2 is 2.00 bits per heavy atom. The summed E-state index contributed by atoms with van der Waals surface area (Å²) in [6.07, 6.45) is 6.25. The van der Waals surface area contributed by atoms with Gasteiger partial charge in [0, 0.05) is 25.6 Å². The Morgan fingerprint density at radius 3 is 2.68 bits per heavy atom. The maximum absolute atomic E-state index is 5.27. The van der Waals surface area contributed by atoms with E-state index in [-0.39, 0.29) is 0 Å². The first-order valence-corrected chi connectivity index (χ1v) is 6.99. The molecule has 1 aliphatic rings. The molecule has 1 aromatic rings. The highest BCUT2D eigenvalue weighted by atomic mass is 16.5. The molecule has 1 aromatic heterocycles. The second-order valence-corrected chi connectivity index (χ2v) is 4.91. The van der Waals surface area contributed by atoms with Crippen LogP contribution in [0.2, 0.25) is 0 Å². The van der Waals surface area contributed by atoms with Gasteiger partial charge in [-0.1, -0.05) is 19.3 Å². The number of anilines is 1. The van der Waals surface area contributed by atoms with E-state index in [9.17, 15) is 0 Å². The smallest absolute Gasteiger partial charge is 0.218 e. The Morgan fingerprint density at radius 1 is 1.21 bits per heavy atom. The monoisotopic (exact) mass is 265 g/mol. The van der Waals surface area contributed by atoms with Crippen LogP contribution in [-0.2, 0) is 4.74 Å². The molecule has 0 unspecified atom stereocenters. The molecule has 0 radical (unpaired) electrons. The van der Waals surface area contributed by atoms with E-state index in [1.54, 1.807) is 14.2 Å². The lowest BCUT2D eigenvalue weighted by Gasteiger charge is -2.21. The van der Waals surface area contributed by atoms with E-state index in [0.717, 1.165) is 18.2 Å². The predicted octanol–water partition coefficient (Wildman–Crippen LogP) is 2.59. The lowest BCUT2D eigenvalue weighted by atomic mass is 9.89. The summed E-state index contributed by atoms with van der Waals surface area (Å²) in [6.45, 7) is 1.39. The van der Waals surface area contributed by atoms with Gasteiger partial charge in [0.2, 0.25) is 5.88 Å². The average Bonchev–Trinajstić information content (AvgIpc) is 2.48. The quantitative estimate of drug-likeness (QED) is 0.801. The van der Waals surface area contributed by atoms with Gasteiger partial charge in [-0.15, -0.1) is 0 Å².